The third-order valence-corrected chi connectivity index (χ3v) is 5.49. The van der Waals surface area contributed by atoms with E-state index >= 15 is 0 Å². The van der Waals surface area contributed by atoms with E-state index in [1.54, 1.807) is 14.2 Å². The number of ether oxygens (including phenoxy) is 2. The largest absolute Gasteiger partial charge is 0.377 e. The number of likely N-dealkylation sites (tertiary alicyclic amines) is 1. The summed E-state index contributed by atoms with van der Waals surface area (Å²) in [6.45, 7) is 7.72. The maximum absolute atomic E-state index is 5.53. The number of methoxy groups -OCH3 is 2. The van der Waals surface area contributed by atoms with Crippen LogP contribution in [0.25, 0.3) is 0 Å². The summed E-state index contributed by atoms with van der Waals surface area (Å²) in [6, 6.07) is 0. The average Bonchev–Trinajstić information content (AvgIpc) is 2.81. The van der Waals surface area contributed by atoms with Gasteiger partial charge in [0.15, 0.2) is 0 Å². The van der Waals surface area contributed by atoms with Crippen LogP contribution in [-0.4, -0.2) is 56.3 Å². The number of halogens is 1. The van der Waals surface area contributed by atoms with E-state index in [2.05, 4.69) is 34.7 Å². The second-order valence-electron chi connectivity index (χ2n) is 5.88. The molecule has 19 heavy (non-hydrogen) atoms. The summed E-state index contributed by atoms with van der Waals surface area (Å²) in [7, 11) is 3.58. The van der Waals surface area contributed by atoms with Crippen LogP contribution in [0, 0.1) is 5.41 Å². The summed E-state index contributed by atoms with van der Waals surface area (Å²) in [5.74, 6) is 0. The van der Waals surface area contributed by atoms with Crippen molar-refractivity contribution in [3.05, 3.63) is 0 Å². The Morgan fingerprint density at radius 1 is 1.05 bits per heavy atom. The molecule has 0 aromatic heterocycles. The SMILES string of the molecule is CCCC(CBr)(CCC)CN1CC(OC)C(OC)C1. The quantitative estimate of drug-likeness (QED) is 0.603. The van der Waals surface area contributed by atoms with E-state index in [1.165, 1.54) is 25.7 Å². The second-order valence-corrected chi connectivity index (χ2v) is 6.44. The molecule has 1 aliphatic rings. The first kappa shape index (κ1) is 17.4. The number of hydrogen-bond donors (Lipinski definition) is 0. The van der Waals surface area contributed by atoms with E-state index in [1.807, 2.05) is 0 Å². The monoisotopic (exact) mass is 335 g/mol. The number of alkyl halides is 1. The molecular formula is C15H30BrNO2. The van der Waals surface area contributed by atoms with Crippen molar-refractivity contribution in [2.75, 3.05) is 39.2 Å². The Labute approximate surface area is 127 Å². The van der Waals surface area contributed by atoms with Crippen molar-refractivity contribution in [1.29, 1.82) is 0 Å². The van der Waals surface area contributed by atoms with Gasteiger partial charge in [0.2, 0.25) is 0 Å². The van der Waals surface area contributed by atoms with E-state index < -0.39 is 0 Å². The van der Waals surface area contributed by atoms with Crippen molar-refractivity contribution in [2.45, 2.75) is 51.7 Å². The first-order chi connectivity index (χ1) is 9.14. The smallest absolute Gasteiger partial charge is 0.0971 e. The topological polar surface area (TPSA) is 21.7 Å². The summed E-state index contributed by atoms with van der Waals surface area (Å²) in [5, 5.41) is 1.09. The lowest BCUT2D eigenvalue weighted by atomic mass is 9.81. The Morgan fingerprint density at radius 2 is 1.53 bits per heavy atom. The van der Waals surface area contributed by atoms with Crippen LogP contribution in [0.4, 0.5) is 0 Å². The predicted molar refractivity (Wildman–Crippen MR) is 84.1 cm³/mol. The van der Waals surface area contributed by atoms with Gasteiger partial charge in [0.05, 0.1) is 12.2 Å². The Kier molecular flexibility index (Phi) is 7.88. The minimum Gasteiger partial charge on any atom is -0.377 e. The third-order valence-electron chi connectivity index (χ3n) is 4.30. The minimum absolute atomic E-state index is 0.223. The molecule has 3 nitrogen and oxygen atoms in total. The highest BCUT2D eigenvalue weighted by Gasteiger charge is 2.37. The van der Waals surface area contributed by atoms with Gasteiger partial charge >= 0.3 is 0 Å². The van der Waals surface area contributed by atoms with Gasteiger partial charge in [0, 0.05) is 39.2 Å². The van der Waals surface area contributed by atoms with E-state index in [0.29, 0.717) is 5.41 Å². The van der Waals surface area contributed by atoms with Crippen molar-refractivity contribution in [3.63, 3.8) is 0 Å². The second kappa shape index (κ2) is 8.60. The van der Waals surface area contributed by atoms with Crippen molar-refractivity contribution < 1.29 is 9.47 Å². The van der Waals surface area contributed by atoms with Crippen LogP contribution in [0.15, 0.2) is 0 Å². The van der Waals surface area contributed by atoms with Gasteiger partial charge in [-0.25, -0.2) is 0 Å². The van der Waals surface area contributed by atoms with E-state index in [4.69, 9.17) is 9.47 Å². The molecule has 0 aliphatic carbocycles. The van der Waals surface area contributed by atoms with Crippen LogP contribution < -0.4 is 0 Å². The molecule has 2 atom stereocenters. The van der Waals surface area contributed by atoms with Gasteiger partial charge in [0.1, 0.15) is 0 Å². The summed E-state index contributed by atoms with van der Waals surface area (Å²) < 4.78 is 11.1. The summed E-state index contributed by atoms with van der Waals surface area (Å²) in [6.07, 6.45) is 5.53. The molecule has 0 amide bonds. The van der Waals surface area contributed by atoms with Gasteiger partial charge in [-0.3, -0.25) is 4.90 Å². The van der Waals surface area contributed by atoms with Crippen molar-refractivity contribution >= 4 is 15.9 Å². The molecule has 0 radical (unpaired) electrons. The highest BCUT2D eigenvalue weighted by Crippen LogP contribution is 2.34. The minimum atomic E-state index is 0.223. The molecule has 0 aromatic carbocycles. The highest BCUT2D eigenvalue weighted by atomic mass is 79.9. The van der Waals surface area contributed by atoms with Crippen LogP contribution in [-0.2, 0) is 9.47 Å². The zero-order valence-corrected chi connectivity index (χ0v) is 14.5. The van der Waals surface area contributed by atoms with E-state index in [-0.39, 0.29) is 12.2 Å². The van der Waals surface area contributed by atoms with Gasteiger partial charge in [-0.2, -0.15) is 0 Å². The third kappa shape index (κ3) is 4.69. The van der Waals surface area contributed by atoms with Crippen LogP contribution in [0.5, 0.6) is 0 Å². The molecule has 1 aliphatic heterocycles. The molecule has 0 aromatic rings. The molecule has 114 valence electrons. The standard InChI is InChI=1S/C15H30BrNO2/c1-5-7-15(11-16,8-6-2)12-17-9-13(18-3)14(10-17)19-4/h13-14H,5-12H2,1-4H3. The molecule has 1 fully saturated rings. The lowest BCUT2D eigenvalue weighted by Gasteiger charge is -2.35. The predicted octanol–water partition coefficient (Wildman–Crippen LogP) is 3.31. The number of rotatable bonds is 9. The molecule has 2 unspecified atom stereocenters. The summed E-state index contributed by atoms with van der Waals surface area (Å²) in [4.78, 5) is 2.52. The van der Waals surface area contributed by atoms with Crippen molar-refractivity contribution in [1.82, 2.24) is 4.90 Å². The maximum Gasteiger partial charge on any atom is 0.0971 e. The lowest BCUT2D eigenvalue weighted by Crippen LogP contribution is -2.38. The zero-order valence-electron chi connectivity index (χ0n) is 13.0. The summed E-state index contributed by atoms with van der Waals surface area (Å²) >= 11 is 3.76. The molecule has 1 heterocycles. The Bertz CT molecular complexity index is 232. The van der Waals surface area contributed by atoms with Gasteiger partial charge in [0.25, 0.3) is 0 Å². The first-order valence-corrected chi connectivity index (χ1v) is 8.60. The van der Waals surface area contributed by atoms with Gasteiger partial charge in [-0.1, -0.05) is 42.6 Å². The Balaban J connectivity index is 2.64. The zero-order chi connectivity index (χ0) is 14.3. The van der Waals surface area contributed by atoms with E-state index in [0.717, 1.165) is 25.0 Å². The van der Waals surface area contributed by atoms with Gasteiger partial charge < -0.3 is 9.47 Å². The fourth-order valence-electron chi connectivity index (χ4n) is 3.39. The number of nitrogens with zero attached hydrogens (tertiary/aromatic N) is 1. The van der Waals surface area contributed by atoms with Crippen LogP contribution in [0.1, 0.15) is 39.5 Å². The number of hydrogen-bond acceptors (Lipinski definition) is 3. The Hall–Kier alpha value is 0.360. The van der Waals surface area contributed by atoms with Crippen LogP contribution in [0.3, 0.4) is 0 Å². The average molecular weight is 336 g/mol. The van der Waals surface area contributed by atoms with Crippen LogP contribution >= 0.6 is 15.9 Å². The van der Waals surface area contributed by atoms with Crippen molar-refractivity contribution in [2.24, 2.45) is 5.41 Å². The fourth-order valence-corrected chi connectivity index (χ4v) is 4.13. The molecule has 0 spiro atoms. The van der Waals surface area contributed by atoms with Gasteiger partial charge in [-0.15, -0.1) is 0 Å². The highest BCUT2D eigenvalue weighted by molar-refractivity contribution is 9.09. The maximum atomic E-state index is 5.53. The fraction of sp³-hybridized carbons (Fsp3) is 1.00. The lowest BCUT2D eigenvalue weighted by molar-refractivity contribution is -0.00461. The molecule has 1 saturated heterocycles. The molecule has 1 rings (SSSR count). The van der Waals surface area contributed by atoms with Crippen LogP contribution in [0.2, 0.25) is 0 Å². The van der Waals surface area contributed by atoms with Crippen molar-refractivity contribution in [3.8, 4) is 0 Å². The van der Waals surface area contributed by atoms with Gasteiger partial charge in [-0.05, 0) is 18.3 Å². The van der Waals surface area contributed by atoms with E-state index in [9.17, 15) is 0 Å². The molecule has 0 saturated carbocycles. The molecule has 0 bridgehead atoms. The summed E-state index contributed by atoms with van der Waals surface area (Å²) in [5.41, 5.74) is 0.407. The first-order valence-electron chi connectivity index (χ1n) is 7.48. The molecule has 4 heteroatoms. The Morgan fingerprint density at radius 3 is 1.84 bits per heavy atom. The molecule has 0 N–H and O–H groups in total. The normalized spacial score (nSPS) is 25.1. The molecular weight excluding hydrogens is 306 g/mol.